The number of carbonyl (C=O) groups is 3. The van der Waals surface area contributed by atoms with Crippen LogP contribution in [0.15, 0.2) is 12.2 Å². The number of aromatic nitrogens is 1. The Morgan fingerprint density at radius 1 is 1.31 bits per heavy atom. The van der Waals surface area contributed by atoms with E-state index in [0.717, 1.165) is 28.4 Å². The second-order valence-corrected chi connectivity index (χ2v) is 9.75. The van der Waals surface area contributed by atoms with E-state index in [-0.39, 0.29) is 29.6 Å². The van der Waals surface area contributed by atoms with Gasteiger partial charge in [0.1, 0.15) is 5.60 Å². The van der Waals surface area contributed by atoms with Crippen LogP contribution < -0.4 is 0 Å². The molecule has 0 radical (unpaired) electrons. The largest absolute Gasteiger partial charge is 0.360 e. The number of ketones is 1. The molecular formula is C21H25N3O4S. The number of aryl methyl sites for hydroxylation is 1. The van der Waals surface area contributed by atoms with Crippen LogP contribution in [0.25, 0.3) is 0 Å². The molecule has 5 heterocycles. The zero-order valence-corrected chi connectivity index (χ0v) is 17.7. The van der Waals surface area contributed by atoms with Gasteiger partial charge in [0.05, 0.1) is 40.1 Å². The molecule has 1 aromatic heterocycles. The Kier molecular flexibility index (Phi) is 4.22. The third-order valence-electron chi connectivity index (χ3n) is 6.86. The second-order valence-electron chi connectivity index (χ2n) is 8.72. The number of hydrogen-bond acceptors (Lipinski definition) is 6. The van der Waals surface area contributed by atoms with Crippen LogP contribution in [-0.4, -0.2) is 70.8 Å². The summed E-state index contributed by atoms with van der Waals surface area (Å²) >= 11 is 1.49. The lowest BCUT2D eigenvalue weighted by atomic mass is 9.76. The van der Waals surface area contributed by atoms with Gasteiger partial charge in [0.2, 0.25) is 11.8 Å². The van der Waals surface area contributed by atoms with Crippen molar-refractivity contribution < 1.29 is 19.1 Å². The maximum atomic E-state index is 13.4. The van der Waals surface area contributed by atoms with Gasteiger partial charge in [-0.05, 0) is 19.8 Å². The first-order chi connectivity index (χ1) is 13.8. The Morgan fingerprint density at radius 3 is 2.69 bits per heavy atom. The molecule has 4 aliphatic heterocycles. The maximum Gasteiger partial charge on any atom is 0.229 e. The van der Waals surface area contributed by atoms with Crippen LogP contribution in [0.1, 0.15) is 46.1 Å². The molecule has 29 heavy (non-hydrogen) atoms. The van der Waals surface area contributed by atoms with Crippen LogP contribution in [-0.2, 0) is 14.3 Å². The van der Waals surface area contributed by atoms with Crippen molar-refractivity contribution >= 4 is 28.9 Å². The second kappa shape index (κ2) is 6.47. The number of nitrogens with zero attached hydrogens (tertiary/aromatic N) is 3. The minimum atomic E-state index is -0.614. The smallest absolute Gasteiger partial charge is 0.229 e. The normalized spacial score (nSPS) is 33.6. The number of likely N-dealkylation sites (tertiary alicyclic amines) is 2. The van der Waals surface area contributed by atoms with E-state index in [1.807, 2.05) is 24.0 Å². The van der Waals surface area contributed by atoms with Crippen molar-refractivity contribution in [3.63, 3.8) is 0 Å². The highest BCUT2D eigenvalue weighted by Gasteiger charge is 2.66. The van der Waals surface area contributed by atoms with Gasteiger partial charge in [-0.15, -0.1) is 11.3 Å². The summed E-state index contributed by atoms with van der Waals surface area (Å²) in [6.45, 7) is 5.27. The number of ether oxygens (including phenoxy) is 1. The Morgan fingerprint density at radius 2 is 2.03 bits per heavy atom. The number of Topliss-reactive ketones (excluding diaryl/α,β-unsaturated/α-hetero) is 1. The Hall–Kier alpha value is -2.06. The molecule has 7 nitrogen and oxygen atoms in total. The van der Waals surface area contributed by atoms with Crippen molar-refractivity contribution in [2.24, 2.45) is 11.8 Å². The fourth-order valence-electron chi connectivity index (χ4n) is 5.45. The molecule has 3 fully saturated rings. The van der Waals surface area contributed by atoms with Gasteiger partial charge >= 0.3 is 0 Å². The first kappa shape index (κ1) is 18.9. The molecule has 3 saturated heterocycles. The van der Waals surface area contributed by atoms with Crippen molar-refractivity contribution in [2.75, 3.05) is 26.7 Å². The summed E-state index contributed by atoms with van der Waals surface area (Å²) in [5.74, 6) is -0.429. The zero-order valence-electron chi connectivity index (χ0n) is 16.9. The van der Waals surface area contributed by atoms with E-state index < -0.39 is 17.4 Å². The molecule has 4 atom stereocenters. The third-order valence-corrected chi connectivity index (χ3v) is 8.28. The van der Waals surface area contributed by atoms with Crippen LogP contribution in [0.2, 0.25) is 0 Å². The number of fused-ring (bicyclic) bond motifs is 1. The molecule has 2 amide bonds. The maximum absolute atomic E-state index is 13.4. The lowest BCUT2D eigenvalue weighted by molar-refractivity contribution is -0.143. The Labute approximate surface area is 173 Å². The van der Waals surface area contributed by atoms with E-state index in [2.05, 4.69) is 4.98 Å². The summed E-state index contributed by atoms with van der Waals surface area (Å²) in [5, 5.41) is 0.998. The molecule has 5 rings (SSSR count). The number of carbonyl (C=O) groups excluding carboxylic acids is 3. The van der Waals surface area contributed by atoms with Crippen LogP contribution >= 0.6 is 11.3 Å². The van der Waals surface area contributed by atoms with Gasteiger partial charge < -0.3 is 14.5 Å². The summed E-state index contributed by atoms with van der Waals surface area (Å²) in [7, 11) is 1.78. The lowest BCUT2D eigenvalue weighted by Crippen LogP contribution is -2.48. The van der Waals surface area contributed by atoms with Crippen LogP contribution in [0, 0.1) is 18.8 Å². The van der Waals surface area contributed by atoms with Crippen molar-refractivity contribution in [1.82, 2.24) is 14.8 Å². The van der Waals surface area contributed by atoms with E-state index in [9.17, 15) is 14.4 Å². The molecule has 0 saturated carbocycles. The molecule has 2 bridgehead atoms. The summed E-state index contributed by atoms with van der Waals surface area (Å²) < 4.78 is 6.12. The minimum absolute atomic E-state index is 0.0140. The van der Waals surface area contributed by atoms with Gasteiger partial charge in [0, 0.05) is 33.0 Å². The predicted octanol–water partition coefficient (Wildman–Crippen LogP) is 1.77. The van der Waals surface area contributed by atoms with Gasteiger partial charge in [0.25, 0.3) is 0 Å². The first-order valence-electron chi connectivity index (χ1n) is 10.2. The predicted molar refractivity (Wildman–Crippen MR) is 107 cm³/mol. The molecule has 8 heteroatoms. The van der Waals surface area contributed by atoms with Gasteiger partial charge in [-0.25, -0.2) is 4.98 Å². The van der Waals surface area contributed by atoms with Crippen LogP contribution in [0.3, 0.4) is 0 Å². The molecule has 154 valence electrons. The van der Waals surface area contributed by atoms with Crippen molar-refractivity contribution in [3.8, 4) is 0 Å². The number of piperidine rings is 1. The lowest BCUT2D eigenvalue weighted by Gasteiger charge is -2.35. The van der Waals surface area contributed by atoms with Gasteiger partial charge in [0.15, 0.2) is 5.78 Å². The fraction of sp³-hybridized carbons (Fsp3) is 0.619. The molecule has 0 aliphatic carbocycles. The third kappa shape index (κ3) is 2.72. The van der Waals surface area contributed by atoms with Crippen molar-refractivity contribution in [2.45, 2.75) is 44.3 Å². The van der Waals surface area contributed by atoms with Crippen molar-refractivity contribution in [1.29, 1.82) is 0 Å². The van der Waals surface area contributed by atoms with Gasteiger partial charge in [-0.1, -0.05) is 12.2 Å². The summed E-state index contributed by atoms with van der Waals surface area (Å²) in [5.41, 5.74) is 0.188. The van der Waals surface area contributed by atoms with Crippen molar-refractivity contribution in [3.05, 3.63) is 27.7 Å². The number of rotatable bonds is 3. The average molecular weight is 416 g/mol. The fourth-order valence-corrected chi connectivity index (χ4v) is 6.58. The molecule has 0 aromatic carbocycles. The van der Waals surface area contributed by atoms with E-state index in [0.29, 0.717) is 19.6 Å². The van der Waals surface area contributed by atoms with E-state index in [1.165, 1.54) is 11.3 Å². The zero-order chi connectivity index (χ0) is 20.5. The van der Waals surface area contributed by atoms with E-state index >= 15 is 0 Å². The molecule has 0 unspecified atom stereocenters. The summed E-state index contributed by atoms with van der Waals surface area (Å²) in [4.78, 5) is 46.7. The van der Waals surface area contributed by atoms with Crippen LogP contribution in [0.5, 0.6) is 0 Å². The van der Waals surface area contributed by atoms with Gasteiger partial charge in [-0.2, -0.15) is 0 Å². The standard InChI is InChI=1S/C21H25N3O4S/c1-11-17(12(2)25)29-18(22-11)13-5-8-24(9-6-13)19(26)15-14-4-7-21(28-14)10-23(3)20(27)16(15)21/h4,7,13-16H,5-6,8-10H2,1-3H3/t14-,15+,16+,21-/m1/s1. The highest BCUT2D eigenvalue weighted by Crippen LogP contribution is 2.52. The topological polar surface area (TPSA) is 79.8 Å². The molecule has 1 aromatic rings. The molecule has 1 spiro atoms. The highest BCUT2D eigenvalue weighted by molar-refractivity contribution is 7.13. The summed E-state index contributed by atoms with van der Waals surface area (Å²) in [6, 6.07) is 0. The van der Waals surface area contributed by atoms with E-state index in [4.69, 9.17) is 4.74 Å². The number of amides is 2. The number of likely N-dealkylation sites (N-methyl/N-ethyl adjacent to an activating group) is 1. The molecule has 0 N–H and O–H groups in total. The first-order valence-corrected chi connectivity index (χ1v) is 11.0. The average Bonchev–Trinajstić information content (AvgIpc) is 3.42. The Bertz CT molecular complexity index is 932. The number of hydrogen-bond donors (Lipinski definition) is 0. The Balaban J connectivity index is 1.29. The summed E-state index contributed by atoms with van der Waals surface area (Å²) in [6.07, 6.45) is 5.31. The molecule has 4 aliphatic rings. The minimum Gasteiger partial charge on any atom is -0.360 e. The SMILES string of the molecule is CC(=O)c1sc(C2CCN(C(=O)[C@@H]3[C@H]4C(=O)N(C)C[C@]45C=C[C@H]3O5)CC2)nc1C. The van der Waals surface area contributed by atoms with E-state index in [1.54, 1.807) is 18.9 Å². The highest BCUT2D eigenvalue weighted by atomic mass is 32.1. The monoisotopic (exact) mass is 415 g/mol. The van der Waals surface area contributed by atoms with Crippen LogP contribution in [0.4, 0.5) is 0 Å². The number of thiazole rings is 1. The van der Waals surface area contributed by atoms with Gasteiger partial charge in [-0.3, -0.25) is 14.4 Å². The molecular weight excluding hydrogens is 390 g/mol. The quantitative estimate of drug-likeness (QED) is 0.555.